The minimum Gasteiger partial charge on any atom is -0.358 e. The molecule has 5 heteroatoms. The van der Waals surface area contributed by atoms with Crippen LogP contribution in [-0.2, 0) is 0 Å². The van der Waals surface area contributed by atoms with E-state index in [9.17, 15) is 9.59 Å². The number of likely N-dealkylation sites (tertiary alicyclic amines) is 1. The molecule has 1 aromatic heterocycles. The average Bonchev–Trinajstić information content (AvgIpc) is 3.18. The van der Waals surface area contributed by atoms with Gasteiger partial charge < -0.3 is 4.98 Å². The van der Waals surface area contributed by atoms with E-state index in [0.29, 0.717) is 28.4 Å². The summed E-state index contributed by atoms with van der Waals surface area (Å²) in [4.78, 5) is 29.6. The number of H-pyrrole nitrogens is 1. The van der Waals surface area contributed by atoms with Crippen molar-refractivity contribution in [2.75, 3.05) is 19.6 Å². The van der Waals surface area contributed by atoms with E-state index in [2.05, 4.69) is 9.88 Å². The number of aromatic amines is 1. The highest BCUT2D eigenvalue weighted by atomic mass is 35.5. The zero-order valence-corrected chi connectivity index (χ0v) is 12.9. The summed E-state index contributed by atoms with van der Waals surface area (Å²) < 4.78 is 0. The number of carbonyl (C=O) groups is 2. The van der Waals surface area contributed by atoms with Crippen molar-refractivity contribution in [1.82, 2.24) is 9.88 Å². The molecule has 0 bridgehead atoms. The lowest BCUT2D eigenvalue weighted by Crippen LogP contribution is -2.26. The first-order valence-electron chi connectivity index (χ1n) is 7.38. The Morgan fingerprint density at radius 1 is 1.09 bits per heavy atom. The van der Waals surface area contributed by atoms with E-state index in [1.54, 1.807) is 36.5 Å². The van der Waals surface area contributed by atoms with Crippen molar-refractivity contribution in [3.05, 3.63) is 58.4 Å². The second-order valence-corrected chi connectivity index (χ2v) is 5.98. The summed E-state index contributed by atoms with van der Waals surface area (Å²) in [6.07, 6.45) is 3.92. The van der Waals surface area contributed by atoms with E-state index in [1.165, 1.54) is 0 Å². The van der Waals surface area contributed by atoms with Gasteiger partial charge in [0.15, 0.2) is 5.78 Å². The van der Waals surface area contributed by atoms with Crippen LogP contribution < -0.4 is 0 Å². The third-order valence-electron chi connectivity index (χ3n) is 3.92. The van der Waals surface area contributed by atoms with Crippen LogP contribution in [0.1, 0.15) is 39.3 Å². The van der Waals surface area contributed by atoms with Crippen molar-refractivity contribution in [2.45, 2.75) is 12.8 Å². The molecule has 1 fully saturated rings. The van der Waals surface area contributed by atoms with E-state index in [1.807, 2.05) is 0 Å². The fourth-order valence-corrected chi connectivity index (χ4v) is 2.80. The van der Waals surface area contributed by atoms with Gasteiger partial charge in [-0.2, -0.15) is 0 Å². The Morgan fingerprint density at radius 2 is 1.77 bits per heavy atom. The standard InChI is InChI=1S/C17H17ClN2O2/c18-14-5-3-12(4-6-14)17(22)15-9-13(10-19-15)16(21)11-20-7-1-2-8-20/h3-6,9-10,19H,1-2,7-8,11H2. The highest BCUT2D eigenvalue weighted by molar-refractivity contribution is 6.30. The van der Waals surface area contributed by atoms with E-state index in [4.69, 9.17) is 11.6 Å². The number of nitrogens with one attached hydrogen (secondary N) is 1. The Bertz CT molecular complexity index is 685. The highest BCUT2D eigenvalue weighted by Gasteiger charge is 2.19. The number of rotatable bonds is 5. The Labute approximate surface area is 134 Å². The van der Waals surface area contributed by atoms with Crippen LogP contribution in [0.25, 0.3) is 0 Å². The number of halogens is 1. The van der Waals surface area contributed by atoms with E-state index in [-0.39, 0.29) is 11.6 Å². The largest absolute Gasteiger partial charge is 0.358 e. The second-order valence-electron chi connectivity index (χ2n) is 5.54. The van der Waals surface area contributed by atoms with Gasteiger partial charge in [-0.15, -0.1) is 0 Å². The maximum absolute atomic E-state index is 12.3. The molecular weight excluding hydrogens is 300 g/mol. The molecule has 2 heterocycles. The summed E-state index contributed by atoms with van der Waals surface area (Å²) in [5, 5.41) is 0.588. The third-order valence-corrected chi connectivity index (χ3v) is 4.17. The van der Waals surface area contributed by atoms with Gasteiger partial charge in [0.1, 0.15) is 0 Å². The number of aromatic nitrogens is 1. The molecule has 0 radical (unpaired) electrons. The minimum absolute atomic E-state index is 0.0494. The minimum atomic E-state index is -0.142. The molecule has 0 unspecified atom stereocenters. The molecule has 1 aromatic carbocycles. The smallest absolute Gasteiger partial charge is 0.209 e. The van der Waals surface area contributed by atoms with E-state index in [0.717, 1.165) is 25.9 Å². The van der Waals surface area contributed by atoms with Gasteiger partial charge in [-0.3, -0.25) is 14.5 Å². The molecular formula is C17H17ClN2O2. The second kappa shape index (κ2) is 6.46. The lowest BCUT2D eigenvalue weighted by molar-refractivity contribution is 0.0945. The predicted octanol–water partition coefficient (Wildman–Crippen LogP) is 3.18. The zero-order chi connectivity index (χ0) is 15.5. The molecule has 1 saturated heterocycles. The molecule has 2 aromatic rings. The average molecular weight is 317 g/mol. The first-order valence-corrected chi connectivity index (χ1v) is 7.75. The number of hydrogen-bond acceptors (Lipinski definition) is 3. The molecule has 0 aliphatic carbocycles. The fraction of sp³-hybridized carbons (Fsp3) is 0.294. The van der Waals surface area contributed by atoms with Gasteiger partial charge in [-0.25, -0.2) is 0 Å². The Kier molecular flexibility index (Phi) is 4.41. The van der Waals surface area contributed by atoms with Crippen LogP contribution in [0.2, 0.25) is 5.02 Å². The summed E-state index contributed by atoms with van der Waals surface area (Å²) >= 11 is 5.82. The molecule has 0 amide bonds. The molecule has 114 valence electrons. The number of Topliss-reactive ketones (excluding diaryl/α,β-unsaturated/α-hetero) is 1. The number of benzene rings is 1. The van der Waals surface area contributed by atoms with Crippen LogP contribution in [0.5, 0.6) is 0 Å². The number of nitrogens with zero attached hydrogens (tertiary/aromatic N) is 1. The van der Waals surface area contributed by atoms with Crippen molar-refractivity contribution in [3.63, 3.8) is 0 Å². The summed E-state index contributed by atoms with van der Waals surface area (Å²) in [6.45, 7) is 2.38. The van der Waals surface area contributed by atoms with Gasteiger partial charge in [-0.05, 0) is 56.3 Å². The SMILES string of the molecule is O=C(CN1CCCC1)c1c[nH]c(C(=O)c2ccc(Cl)cc2)c1. The summed E-state index contributed by atoms with van der Waals surface area (Å²) in [6, 6.07) is 8.35. The van der Waals surface area contributed by atoms with Crippen LogP contribution in [-0.4, -0.2) is 41.1 Å². The van der Waals surface area contributed by atoms with Crippen molar-refractivity contribution in [1.29, 1.82) is 0 Å². The molecule has 0 atom stereocenters. The maximum atomic E-state index is 12.3. The molecule has 1 N–H and O–H groups in total. The van der Waals surface area contributed by atoms with Gasteiger partial charge in [0.2, 0.25) is 5.78 Å². The lowest BCUT2D eigenvalue weighted by atomic mass is 10.1. The predicted molar refractivity (Wildman–Crippen MR) is 85.7 cm³/mol. The van der Waals surface area contributed by atoms with Gasteiger partial charge in [0.05, 0.1) is 12.2 Å². The summed E-state index contributed by atoms with van der Waals surface area (Å²) in [5.74, 6) is -0.0924. The third kappa shape index (κ3) is 3.29. The summed E-state index contributed by atoms with van der Waals surface area (Å²) in [7, 11) is 0. The zero-order valence-electron chi connectivity index (χ0n) is 12.1. The molecule has 0 saturated carbocycles. The summed E-state index contributed by atoms with van der Waals surface area (Å²) in [5.41, 5.74) is 1.53. The molecule has 4 nitrogen and oxygen atoms in total. The molecule has 1 aliphatic rings. The van der Waals surface area contributed by atoms with Crippen LogP contribution in [0.3, 0.4) is 0 Å². The number of carbonyl (C=O) groups excluding carboxylic acids is 2. The number of hydrogen-bond donors (Lipinski definition) is 1. The van der Waals surface area contributed by atoms with Crippen LogP contribution in [0, 0.1) is 0 Å². The molecule has 22 heavy (non-hydrogen) atoms. The van der Waals surface area contributed by atoms with Gasteiger partial charge in [0.25, 0.3) is 0 Å². The quantitative estimate of drug-likeness (QED) is 0.862. The first-order chi connectivity index (χ1) is 10.6. The number of ketones is 2. The fourth-order valence-electron chi connectivity index (χ4n) is 2.68. The van der Waals surface area contributed by atoms with Crippen molar-refractivity contribution >= 4 is 23.2 Å². The lowest BCUT2D eigenvalue weighted by Gasteiger charge is -2.12. The van der Waals surface area contributed by atoms with Crippen molar-refractivity contribution in [3.8, 4) is 0 Å². The van der Waals surface area contributed by atoms with Crippen molar-refractivity contribution < 1.29 is 9.59 Å². The normalized spacial score (nSPS) is 15.1. The molecule has 1 aliphatic heterocycles. The van der Waals surface area contributed by atoms with E-state index >= 15 is 0 Å². The van der Waals surface area contributed by atoms with Gasteiger partial charge in [-0.1, -0.05) is 11.6 Å². The molecule has 3 rings (SSSR count). The van der Waals surface area contributed by atoms with E-state index < -0.39 is 0 Å². The van der Waals surface area contributed by atoms with Crippen molar-refractivity contribution in [2.24, 2.45) is 0 Å². The Hall–Kier alpha value is -1.91. The monoisotopic (exact) mass is 316 g/mol. The highest BCUT2D eigenvalue weighted by Crippen LogP contribution is 2.15. The van der Waals surface area contributed by atoms with Gasteiger partial charge in [0, 0.05) is 22.3 Å². The first kappa shape index (κ1) is 15.0. The maximum Gasteiger partial charge on any atom is 0.209 e. The Morgan fingerprint density at radius 3 is 2.45 bits per heavy atom. The Balaban J connectivity index is 1.71. The topological polar surface area (TPSA) is 53.2 Å². The van der Waals surface area contributed by atoms with Gasteiger partial charge >= 0.3 is 0 Å². The van der Waals surface area contributed by atoms with Crippen LogP contribution in [0.4, 0.5) is 0 Å². The van der Waals surface area contributed by atoms with Crippen LogP contribution >= 0.6 is 11.6 Å². The van der Waals surface area contributed by atoms with Crippen LogP contribution in [0.15, 0.2) is 36.5 Å². The molecule has 0 spiro atoms.